The molecule has 2 aromatic carbocycles. The van der Waals surface area contributed by atoms with E-state index in [1.807, 2.05) is 0 Å². The van der Waals surface area contributed by atoms with Gasteiger partial charge in [-0.25, -0.2) is 18.2 Å². The molecule has 1 N–H and O–H groups in total. The number of aromatic nitrogens is 2. The molecule has 0 saturated heterocycles. The second-order valence-electron chi connectivity index (χ2n) is 5.18. The van der Waals surface area contributed by atoms with Gasteiger partial charge in [-0.3, -0.25) is 4.57 Å². The van der Waals surface area contributed by atoms with Crippen LogP contribution in [0.15, 0.2) is 34.9 Å². The Hall–Kier alpha value is -1.25. The fraction of sp³-hybridized carbons (Fsp3) is 0.0625. The van der Waals surface area contributed by atoms with Gasteiger partial charge in [-0.2, -0.15) is 0 Å². The highest BCUT2D eigenvalue weighted by atomic mass is 79.9. The minimum Gasteiger partial charge on any atom is -0.382 e. The van der Waals surface area contributed by atoms with Crippen LogP contribution < -0.4 is 0 Å². The Kier molecular flexibility index (Phi) is 5.55. The van der Waals surface area contributed by atoms with Crippen LogP contribution >= 0.6 is 50.7 Å². The molecule has 0 aliphatic rings. The van der Waals surface area contributed by atoms with E-state index in [1.165, 1.54) is 6.07 Å². The van der Waals surface area contributed by atoms with Crippen LogP contribution in [0.4, 0.5) is 13.2 Å². The Morgan fingerprint density at radius 1 is 1.00 bits per heavy atom. The lowest BCUT2D eigenvalue weighted by Gasteiger charge is -2.18. The van der Waals surface area contributed by atoms with E-state index in [-0.39, 0.29) is 36.9 Å². The van der Waals surface area contributed by atoms with Crippen LogP contribution in [0.2, 0.25) is 15.3 Å². The maximum absolute atomic E-state index is 14.4. The van der Waals surface area contributed by atoms with E-state index in [0.717, 1.165) is 22.8 Å². The number of nitrogens with zero attached hydrogens (tertiary/aromatic N) is 2. The Morgan fingerprint density at radius 2 is 1.65 bits per heavy atom. The fourth-order valence-corrected chi connectivity index (χ4v) is 3.92. The van der Waals surface area contributed by atoms with Gasteiger partial charge in [-0.15, -0.1) is 0 Å². The van der Waals surface area contributed by atoms with Crippen molar-refractivity contribution in [2.75, 3.05) is 0 Å². The molecule has 1 heterocycles. The van der Waals surface area contributed by atoms with Gasteiger partial charge in [0.2, 0.25) is 5.28 Å². The number of hydrogen-bond donors (Lipinski definition) is 1. The summed E-state index contributed by atoms with van der Waals surface area (Å²) in [6.45, 7) is 0. The first-order chi connectivity index (χ1) is 12.2. The van der Waals surface area contributed by atoms with E-state index in [0.29, 0.717) is 6.07 Å². The monoisotopic (exact) mass is 484 g/mol. The zero-order valence-electron chi connectivity index (χ0n) is 12.5. The van der Waals surface area contributed by atoms with Gasteiger partial charge in [0.25, 0.3) is 0 Å². The number of halogens is 7. The Bertz CT molecular complexity index is 990. The Morgan fingerprint density at radius 3 is 2.27 bits per heavy atom. The maximum atomic E-state index is 14.4. The van der Waals surface area contributed by atoms with Crippen molar-refractivity contribution in [1.82, 2.24) is 9.55 Å². The van der Waals surface area contributed by atoms with Crippen molar-refractivity contribution in [2.45, 2.75) is 6.10 Å². The minimum atomic E-state index is -1.46. The maximum Gasteiger partial charge on any atom is 0.208 e. The first kappa shape index (κ1) is 19.5. The lowest BCUT2D eigenvalue weighted by Crippen LogP contribution is -2.11. The smallest absolute Gasteiger partial charge is 0.208 e. The summed E-state index contributed by atoms with van der Waals surface area (Å²) in [5.74, 6) is -2.49. The molecule has 1 aromatic heterocycles. The third kappa shape index (κ3) is 3.46. The number of aliphatic hydroxyl groups is 1. The number of aliphatic hydroxyl groups excluding tert-OH is 1. The Labute approximate surface area is 169 Å². The quantitative estimate of drug-likeness (QED) is 0.486. The van der Waals surface area contributed by atoms with Crippen LogP contribution in [0.25, 0.3) is 5.69 Å². The largest absolute Gasteiger partial charge is 0.382 e. The van der Waals surface area contributed by atoms with E-state index < -0.39 is 23.6 Å². The van der Waals surface area contributed by atoms with Crippen molar-refractivity contribution in [2.24, 2.45) is 0 Å². The van der Waals surface area contributed by atoms with Crippen LogP contribution in [0.5, 0.6) is 0 Å². The lowest BCUT2D eigenvalue weighted by atomic mass is 10.1. The second-order valence-corrected chi connectivity index (χ2v) is 7.08. The van der Waals surface area contributed by atoms with Crippen molar-refractivity contribution in [1.29, 1.82) is 0 Å². The molecule has 0 fully saturated rings. The minimum absolute atomic E-state index is 0.0177. The second kappa shape index (κ2) is 7.40. The van der Waals surface area contributed by atoms with Gasteiger partial charge in [-0.1, -0.05) is 29.3 Å². The predicted molar refractivity (Wildman–Crippen MR) is 96.7 cm³/mol. The lowest BCUT2D eigenvalue weighted by molar-refractivity contribution is 0.212. The zero-order valence-corrected chi connectivity index (χ0v) is 16.3. The molecule has 1 unspecified atom stereocenters. The Balaban J connectivity index is 2.25. The first-order valence-corrected chi connectivity index (χ1v) is 8.85. The van der Waals surface area contributed by atoms with Gasteiger partial charge in [0.15, 0.2) is 5.82 Å². The number of hydrogen-bond acceptors (Lipinski definition) is 2. The highest BCUT2D eigenvalue weighted by Crippen LogP contribution is 2.38. The zero-order chi connectivity index (χ0) is 19.2. The molecule has 0 radical (unpaired) electrons. The summed E-state index contributed by atoms with van der Waals surface area (Å²) >= 11 is 21.1. The van der Waals surface area contributed by atoms with Crippen LogP contribution in [0.1, 0.15) is 17.4 Å². The third-order valence-corrected chi connectivity index (χ3v) is 5.00. The molecule has 0 spiro atoms. The highest BCUT2D eigenvalue weighted by molar-refractivity contribution is 9.10. The van der Waals surface area contributed by atoms with Gasteiger partial charge >= 0.3 is 0 Å². The molecule has 0 amide bonds. The first-order valence-electron chi connectivity index (χ1n) is 6.92. The van der Waals surface area contributed by atoms with Crippen molar-refractivity contribution < 1.29 is 18.3 Å². The fourth-order valence-electron chi connectivity index (χ4n) is 2.45. The number of imidazole rings is 1. The average molecular weight is 487 g/mol. The molecule has 0 saturated carbocycles. The van der Waals surface area contributed by atoms with Crippen molar-refractivity contribution in [3.8, 4) is 5.69 Å². The summed E-state index contributed by atoms with van der Waals surface area (Å²) in [7, 11) is 0. The van der Waals surface area contributed by atoms with E-state index >= 15 is 0 Å². The van der Waals surface area contributed by atoms with Crippen LogP contribution in [-0.2, 0) is 0 Å². The molecule has 0 aliphatic heterocycles. The standard InChI is InChI=1S/C16H7BrCl3F3N2O/c17-15-13(14(26)8-2-1-6(21)3-9(8)18)25(16(20)24-15)12-10(19)4-7(22)5-11(12)23/h1-5,14,26H. The van der Waals surface area contributed by atoms with E-state index in [2.05, 4.69) is 20.9 Å². The summed E-state index contributed by atoms with van der Waals surface area (Å²) in [6.07, 6.45) is -1.46. The highest BCUT2D eigenvalue weighted by Gasteiger charge is 2.28. The van der Waals surface area contributed by atoms with Gasteiger partial charge < -0.3 is 5.11 Å². The molecule has 26 heavy (non-hydrogen) atoms. The predicted octanol–water partition coefficient (Wildman–Crippen LogP) is 6.09. The summed E-state index contributed by atoms with van der Waals surface area (Å²) in [5.41, 5.74) is -0.190. The van der Waals surface area contributed by atoms with Crippen molar-refractivity contribution in [3.63, 3.8) is 0 Å². The molecular weight excluding hydrogens is 479 g/mol. The normalized spacial score (nSPS) is 12.5. The van der Waals surface area contributed by atoms with Crippen molar-refractivity contribution >= 4 is 50.7 Å². The molecule has 0 aliphatic carbocycles. The van der Waals surface area contributed by atoms with Crippen LogP contribution in [0, 0.1) is 17.5 Å². The molecule has 3 nitrogen and oxygen atoms in total. The third-order valence-electron chi connectivity index (χ3n) is 3.55. The van der Waals surface area contributed by atoms with Gasteiger partial charge in [-0.05, 0) is 45.7 Å². The van der Waals surface area contributed by atoms with Crippen LogP contribution in [-0.4, -0.2) is 14.7 Å². The summed E-state index contributed by atoms with van der Waals surface area (Å²) in [6, 6.07) is 4.90. The molecule has 0 bridgehead atoms. The molecule has 3 aromatic rings. The molecule has 10 heteroatoms. The summed E-state index contributed by atoms with van der Waals surface area (Å²) < 4.78 is 42.1. The van der Waals surface area contributed by atoms with Crippen LogP contribution in [0.3, 0.4) is 0 Å². The van der Waals surface area contributed by atoms with E-state index in [9.17, 15) is 18.3 Å². The number of rotatable bonds is 3. The number of benzene rings is 2. The SMILES string of the molecule is OC(c1ccc(F)cc1Cl)c1c(Br)nc(Cl)n1-c1c(F)cc(F)cc1Cl. The van der Waals surface area contributed by atoms with E-state index in [1.54, 1.807) is 0 Å². The van der Waals surface area contributed by atoms with Gasteiger partial charge in [0.1, 0.15) is 28.0 Å². The topological polar surface area (TPSA) is 38.1 Å². The van der Waals surface area contributed by atoms with Crippen molar-refractivity contribution in [3.05, 3.63) is 79.0 Å². The molecule has 1 atom stereocenters. The average Bonchev–Trinajstić information content (AvgIpc) is 2.80. The van der Waals surface area contributed by atoms with Gasteiger partial charge in [0.05, 0.1) is 10.7 Å². The molecule has 3 rings (SSSR count). The molecule has 136 valence electrons. The van der Waals surface area contributed by atoms with Gasteiger partial charge in [0, 0.05) is 16.7 Å². The molecular formula is C16H7BrCl3F3N2O. The summed E-state index contributed by atoms with van der Waals surface area (Å²) in [5, 5.41) is 10.2. The summed E-state index contributed by atoms with van der Waals surface area (Å²) in [4.78, 5) is 3.93. The van der Waals surface area contributed by atoms with E-state index in [4.69, 9.17) is 34.8 Å².